The number of para-hydroxylation sites is 2. The molecule has 2 N–H and O–H groups in total. The van der Waals surface area contributed by atoms with Gasteiger partial charge in [-0.25, -0.2) is 0 Å². The van der Waals surface area contributed by atoms with Crippen molar-refractivity contribution in [2.45, 2.75) is 6.54 Å². The second-order valence-electron chi connectivity index (χ2n) is 5.49. The molecule has 0 aliphatic carbocycles. The van der Waals surface area contributed by atoms with Crippen LogP contribution in [0.1, 0.15) is 5.56 Å². The number of rotatable bonds is 5. The number of hydrogen-bond acceptors (Lipinski definition) is 6. The van der Waals surface area contributed by atoms with E-state index in [9.17, 15) is 5.11 Å². The average molecular weight is 310 g/mol. The van der Waals surface area contributed by atoms with Crippen molar-refractivity contribution in [3.05, 3.63) is 54.1 Å². The van der Waals surface area contributed by atoms with Crippen LogP contribution in [0.5, 0.6) is 5.75 Å². The number of aromatic nitrogens is 2. The minimum atomic E-state index is 0.125. The first kappa shape index (κ1) is 15.1. The Morgan fingerprint density at radius 2 is 1.78 bits per heavy atom. The van der Waals surface area contributed by atoms with E-state index in [4.69, 9.17) is 4.42 Å². The average Bonchev–Trinajstić information content (AvgIpc) is 2.98. The fourth-order valence-electron chi connectivity index (χ4n) is 2.20. The van der Waals surface area contributed by atoms with Crippen molar-refractivity contribution < 1.29 is 9.52 Å². The summed E-state index contributed by atoms with van der Waals surface area (Å²) in [6.07, 6.45) is 0. The molecule has 1 aromatic heterocycles. The number of anilines is 2. The van der Waals surface area contributed by atoms with Gasteiger partial charge in [-0.2, -0.15) is 0 Å². The van der Waals surface area contributed by atoms with Crippen molar-refractivity contribution >= 4 is 11.7 Å². The molecule has 6 heteroatoms. The van der Waals surface area contributed by atoms with E-state index in [1.807, 2.05) is 44.4 Å². The molecule has 0 unspecified atom stereocenters. The smallest absolute Gasteiger partial charge is 0.320 e. The highest BCUT2D eigenvalue weighted by atomic mass is 16.4. The van der Waals surface area contributed by atoms with Crippen molar-refractivity contribution in [2.24, 2.45) is 0 Å². The Labute approximate surface area is 134 Å². The van der Waals surface area contributed by atoms with Gasteiger partial charge in [0.25, 0.3) is 0 Å². The fraction of sp³-hybridized carbons (Fsp3) is 0.176. The Morgan fingerprint density at radius 1 is 1.04 bits per heavy atom. The van der Waals surface area contributed by atoms with Gasteiger partial charge in [-0.05, 0) is 43.9 Å². The largest absolute Gasteiger partial charge is 0.506 e. The first-order valence-electron chi connectivity index (χ1n) is 7.24. The molecule has 2 aromatic carbocycles. The van der Waals surface area contributed by atoms with Crippen LogP contribution in [0.25, 0.3) is 11.5 Å². The van der Waals surface area contributed by atoms with Crippen LogP contribution in [0.3, 0.4) is 0 Å². The number of hydrogen-bond donors (Lipinski definition) is 2. The zero-order chi connectivity index (χ0) is 16.2. The van der Waals surface area contributed by atoms with E-state index in [1.54, 1.807) is 18.2 Å². The number of benzene rings is 2. The maximum atomic E-state index is 9.74. The van der Waals surface area contributed by atoms with E-state index >= 15 is 0 Å². The van der Waals surface area contributed by atoms with Crippen LogP contribution in [0.4, 0.5) is 11.7 Å². The summed E-state index contributed by atoms with van der Waals surface area (Å²) in [5.41, 5.74) is 2.58. The minimum absolute atomic E-state index is 0.125. The van der Waals surface area contributed by atoms with Gasteiger partial charge in [-0.1, -0.05) is 29.4 Å². The van der Waals surface area contributed by atoms with Crippen molar-refractivity contribution in [1.82, 2.24) is 15.1 Å². The van der Waals surface area contributed by atoms with Crippen LogP contribution >= 0.6 is 0 Å². The molecule has 0 saturated heterocycles. The molecule has 0 saturated carbocycles. The van der Waals surface area contributed by atoms with Gasteiger partial charge in [0.15, 0.2) is 0 Å². The Hall–Kier alpha value is -2.86. The molecule has 118 valence electrons. The molecule has 0 bridgehead atoms. The molecule has 0 aliphatic rings. The van der Waals surface area contributed by atoms with Crippen LogP contribution in [0.15, 0.2) is 52.9 Å². The summed E-state index contributed by atoms with van der Waals surface area (Å²) < 4.78 is 5.59. The van der Waals surface area contributed by atoms with E-state index < -0.39 is 0 Å². The SMILES string of the molecule is CN(C)Cc1ccc(-c2nnc(Nc3ccccc3O)o2)cc1. The molecule has 0 spiro atoms. The number of phenols is 1. The number of nitrogens with zero attached hydrogens (tertiary/aromatic N) is 3. The Kier molecular flexibility index (Phi) is 4.25. The van der Waals surface area contributed by atoms with Gasteiger partial charge in [0.2, 0.25) is 5.89 Å². The van der Waals surface area contributed by atoms with Crippen molar-refractivity contribution in [3.63, 3.8) is 0 Å². The zero-order valence-corrected chi connectivity index (χ0v) is 13.0. The Bertz CT molecular complexity index is 781. The molecular weight excluding hydrogens is 292 g/mol. The first-order valence-corrected chi connectivity index (χ1v) is 7.24. The summed E-state index contributed by atoms with van der Waals surface area (Å²) in [6.45, 7) is 0.879. The lowest BCUT2D eigenvalue weighted by atomic mass is 10.1. The van der Waals surface area contributed by atoms with Crippen LogP contribution in [-0.2, 0) is 6.54 Å². The standard InChI is InChI=1S/C17H18N4O2/c1-21(2)11-12-7-9-13(10-8-12)16-19-20-17(23-16)18-14-5-3-4-6-15(14)22/h3-10,22H,11H2,1-2H3,(H,18,20). The topological polar surface area (TPSA) is 74.4 Å². The van der Waals surface area contributed by atoms with Gasteiger partial charge in [0.1, 0.15) is 5.75 Å². The molecule has 3 aromatic rings. The summed E-state index contributed by atoms with van der Waals surface area (Å²) in [5.74, 6) is 0.555. The van der Waals surface area contributed by atoms with E-state index in [2.05, 4.69) is 20.4 Å². The van der Waals surface area contributed by atoms with Gasteiger partial charge >= 0.3 is 6.01 Å². The van der Waals surface area contributed by atoms with Gasteiger partial charge in [0.05, 0.1) is 5.69 Å². The maximum Gasteiger partial charge on any atom is 0.320 e. The predicted octanol–water partition coefficient (Wildman–Crippen LogP) is 3.25. The van der Waals surface area contributed by atoms with Crippen LogP contribution in [0, 0.1) is 0 Å². The number of phenolic OH excluding ortho intramolecular Hbond substituents is 1. The normalized spacial score (nSPS) is 10.9. The molecule has 0 radical (unpaired) electrons. The molecule has 0 fully saturated rings. The van der Waals surface area contributed by atoms with E-state index in [0.29, 0.717) is 11.6 Å². The predicted molar refractivity (Wildman–Crippen MR) is 88.5 cm³/mol. The summed E-state index contributed by atoms with van der Waals surface area (Å²) in [4.78, 5) is 2.11. The van der Waals surface area contributed by atoms with Gasteiger partial charge in [-0.15, -0.1) is 5.10 Å². The highest BCUT2D eigenvalue weighted by Crippen LogP contribution is 2.27. The van der Waals surface area contributed by atoms with E-state index in [0.717, 1.165) is 12.1 Å². The maximum absolute atomic E-state index is 9.74. The highest BCUT2D eigenvalue weighted by molar-refractivity contribution is 5.62. The summed E-state index contributed by atoms with van der Waals surface area (Å²) in [6, 6.07) is 15.1. The van der Waals surface area contributed by atoms with Crippen LogP contribution < -0.4 is 5.32 Å². The van der Waals surface area contributed by atoms with Gasteiger partial charge < -0.3 is 19.7 Å². The van der Waals surface area contributed by atoms with Crippen molar-refractivity contribution in [2.75, 3.05) is 19.4 Å². The third kappa shape index (κ3) is 3.67. The molecular formula is C17H18N4O2. The lowest BCUT2D eigenvalue weighted by Gasteiger charge is -2.09. The Balaban J connectivity index is 1.75. The van der Waals surface area contributed by atoms with Gasteiger partial charge in [0, 0.05) is 12.1 Å². The lowest BCUT2D eigenvalue weighted by Crippen LogP contribution is -2.10. The van der Waals surface area contributed by atoms with Crippen LogP contribution in [0.2, 0.25) is 0 Å². The number of aromatic hydroxyl groups is 1. The zero-order valence-electron chi connectivity index (χ0n) is 13.0. The molecule has 23 heavy (non-hydrogen) atoms. The Morgan fingerprint density at radius 3 is 2.48 bits per heavy atom. The first-order chi connectivity index (χ1) is 11.1. The quantitative estimate of drug-likeness (QED) is 0.705. The summed E-state index contributed by atoms with van der Waals surface area (Å²) >= 11 is 0. The summed E-state index contributed by atoms with van der Waals surface area (Å²) in [5, 5.41) is 20.6. The molecule has 1 heterocycles. The van der Waals surface area contributed by atoms with Crippen molar-refractivity contribution in [3.8, 4) is 17.2 Å². The molecule has 3 rings (SSSR count). The third-order valence-electron chi connectivity index (χ3n) is 3.27. The van der Waals surface area contributed by atoms with Crippen LogP contribution in [-0.4, -0.2) is 34.3 Å². The number of nitrogens with one attached hydrogen (secondary N) is 1. The minimum Gasteiger partial charge on any atom is -0.506 e. The molecule has 6 nitrogen and oxygen atoms in total. The second-order valence-corrected chi connectivity index (χ2v) is 5.49. The molecule has 0 aliphatic heterocycles. The highest BCUT2D eigenvalue weighted by Gasteiger charge is 2.10. The second kappa shape index (κ2) is 6.50. The lowest BCUT2D eigenvalue weighted by molar-refractivity contribution is 0.402. The molecule has 0 amide bonds. The fourth-order valence-corrected chi connectivity index (χ4v) is 2.20. The van der Waals surface area contributed by atoms with Gasteiger partial charge in [-0.3, -0.25) is 0 Å². The third-order valence-corrected chi connectivity index (χ3v) is 3.27. The monoisotopic (exact) mass is 310 g/mol. The van der Waals surface area contributed by atoms with E-state index in [-0.39, 0.29) is 11.8 Å². The molecule has 0 atom stereocenters. The van der Waals surface area contributed by atoms with Crippen molar-refractivity contribution in [1.29, 1.82) is 0 Å². The summed E-state index contributed by atoms with van der Waals surface area (Å²) in [7, 11) is 4.06. The van der Waals surface area contributed by atoms with E-state index in [1.165, 1.54) is 5.56 Å².